The monoisotopic (exact) mass is 467 g/mol. The van der Waals surface area contributed by atoms with Crippen LogP contribution in [0.25, 0.3) is 6.08 Å². The van der Waals surface area contributed by atoms with Crippen LogP contribution >= 0.6 is 0 Å². The van der Waals surface area contributed by atoms with Crippen molar-refractivity contribution in [3.63, 3.8) is 0 Å². The van der Waals surface area contributed by atoms with Crippen LogP contribution in [0.15, 0.2) is 73.3 Å². The summed E-state index contributed by atoms with van der Waals surface area (Å²) in [5.41, 5.74) is 2.21. The molecular formula is C25H29N3O4S. The quantitative estimate of drug-likeness (QED) is 0.437. The van der Waals surface area contributed by atoms with Gasteiger partial charge >= 0.3 is 0 Å². The molecular weight excluding hydrogens is 438 g/mol. The van der Waals surface area contributed by atoms with Gasteiger partial charge in [0.15, 0.2) is 0 Å². The largest absolute Gasteiger partial charge is 0.339 e. The maximum Gasteiger partial charge on any atom is 0.246 e. The van der Waals surface area contributed by atoms with E-state index in [-0.39, 0.29) is 30.0 Å². The van der Waals surface area contributed by atoms with Gasteiger partial charge in [-0.15, -0.1) is 6.58 Å². The number of rotatable bonds is 9. The van der Waals surface area contributed by atoms with Gasteiger partial charge in [0.2, 0.25) is 21.8 Å². The lowest BCUT2D eigenvalue weighted by Crippen LogP contribution is -2.40. The number of nitrogens with one attached hydrogen (secondary N) is 2. The highest BCUT2D eigenvalue weighted by atomic mass is 32.2. The first-order valence-electron chi connectivity index (χ1n) is 10.9. The highest BCUT2D eigenvalue weighted by Gasteiger charge is 2.26. The van der Waals surface area contributed by atoms with Crippen molar-refractivity contribution in [2.75, 3.05) is 25.0 Å². The first kappa shape index (κ1) is 24.4. The lowest BCUT2D eigenvalue weighted by atomic mass is 9.95. The molecule has 7 nitrogen and oxygen atoms in total. The third-order valence-electron chi connectivity index (χ3n) is 5.42. The van der Waals surface area contributed by atoms with E-state index >= 15 is 0 Å². The zero-order valence-corrected chi connectivity index (χ0v) is 19.3. The number of hydrogen-bond donors (Lipinski definition) is 2. The SMILES string of the molecule is C=CCNS(=O)(=O)Cc1ccc(NC(=O)C2CCN(C(=O)/C=C/c3ccccc3)CC2)cc1. The summed E-state index contributed by atoms with van der Waals surface area (Å²) in [4.78, 5) is 26.8. The van der Waals surface area contributed by atoms with E-state index in [0.717, 1.165) is 5.56 Å². The average Bonchev–Trinajstić information content (AvgIpc) is 2.83. The van der Waals surface area contributed by atoms with Crippen LogP contribution in [0.4, 0.5) is 5.69 Å². The molecule has 8 heteroatoms. The summed E-state index contributed by atoms with van der Waals surface area (Å²) in [5.74, 6) is -0.448. The molecule has 1 aliphatic heterocycles. The Hall–Kier alpha value is -3.23. The highest BCUT2D eigenvalue weighted by molar-refractivity contribution is 7.88. The van der Waals surface area contributed by atoms with Crippen molar-refractivity contribution in [3.8, 4) is 0 Å². The van der Waals surface area contributed by atoms with Crippen LogP contribution in [0.2, 0.25) is 0 Å². The molecule has 1 fully saturated rings. The Morgan fingerprint density at radius 1 is 1.03 bits per heavy atom. The standard InChI is InChI=1S/C25H29N3O4S/c1-2-16-26-33(31,32)19-21-8-11-23(12-9-21)27-25(30)22-14-17-28(18-15-22)24(29)13-10-20-6-4-3-5-7-20/h2-13,22,26H,1,14-19H2,(H,27,30)/b13-10+. The smallest absolute Gasteiger partial charge is 0.246 e. The fraction of sp³-hybridized carbons (Fsp3) is 0.280. The van der Waals surface area contributed by atoms with Crippen LogP contribution in [0, 0.1) is 5.92 Å². The lowest BCUT2D eigenvalue weighted by Gasteiger charge is -2.30. The van der Waals surface area contributed by atoms with E-state index in [0.29, 0.717) is 37.2 Å². The van der Waals surface area contributed by atoms with Crippen molar-refractivity contribution >= 4 is 33.6 Å². The molecule has 0 spiro atoms. The molecule has 0 bridgehead atoms. The summed E-state index contributed by atoms with van der Waals surface area (Å²) < 4.78 is 26.3. The number of carbonyl (C=O) groups is 2. The number of sulfonamides is 1. The van der Waals surface area contributed by atoms with Crippen LogP contribution in [0.1, 0.15) is 24.0 Å². The predicted molar refractivity (Wildman–Crippen MR) is 131 cm³/mol. The summed E-state index contributed by atoms with van der Waals surface area (Å²) in [7, 11) is -3.43. The molecule has 33 heavy (non-hydrogen) atoms. The number of nitrogens with zero attached hydrogens (tertiary/aromatic N) is 1. The number of carbonyl (C=O) groups excluding carboxylic acids is 2. The van der Waals surface area contributed by atoms with Crippen molar-refractivity contribution in [3.05, 3.63) is 84.5 Å². The average molecular weight is 468 g/mol. The van der Waals surface area contributed by atoms with E-state index in [4.69, 9.17) is 0 Å². The molecule has 1 aliphatic rings. The molecule has 2 amide bonds. The fourth-order valence-corrected chi connectivity index (χ4v) is 4.69. The van der Waals surface area contributed by atoms with Crippen molar-refractivity contribution in [1.29, 1.82) is 0 Å². The normalized spacial score (nSPS) is 14.8. The van der Waals surface area contributed by atoms with E-state index in [2.05, 4.69) is 16.6 Å². The Morgan fingerprint density at radius 2 is 1.70 bits per heavy atom. The minimum Gasteiger partial charge on any atom is -0.339 e. The second-order valence-corrected chi connectivity index (χ2v) is 9.73. The molecule has 2 aromatic rings. The van der Waals surface area contributed by atoms with E-state index in [1.165, 1.54) is 6.08 Å². The van der Waals surface area contributed by atoms with Gasteiger partial charge in [-0.05, 0) is 42.2 Å². The first-order valence-corrected chi connectivity index (χ1v) is 12.5. The molecule has 0 saturated carbocycles. The minimum atomic E-state index is -3.43. The van der Waals surface area contributed by atoms with Crippen LogP contribution in [-0.4, -0.2) is 44.8 Å². The molecule has 0 unspecified atom stereocenters. The number of piperidine rings is 1. The van der Waals surface area contributed by atoms with Crippen LogP contribution in [0.3, 0.4) is 0 Å². The first-order chi connectivity index (χ1) is 15.9. The van der Waals surface area contributed by atoms with Crippen molar-refractivity contribution in [2.24, 2.45) is 5.92 Å². The van der Waals surface area contributed by atoms with Crippen LogP contribution in [-0.2, 0) is 25.4 Å². The van der Waals surface area contributed by atoms with Crippen molar-refractivity contribution in [1.82, 2.24) is 9.62 Å². The van der Waals surface area contributed by atoms with Crippen LogP contribution in [0.5, 0.6) is 0 Å². The molecule has 2 N–H and O–H groups in total. The number of anilines is 1. The number of hydrogen-bond acceptors (Lipinski definition) is 4. The third-order valence-corrected chi connectivity index (χ3v) is 6.74. The maximum absolute atomic E-state index is 12.6. The van der Waals surface area contributed by atoms with Crippen molar-refractivity contribution < 1.29 is 18.0 Å². The van der Waals surface area contributed by atoms with Gasteiger partial charge in [0.25, 0.3) is 0 Å². The van der Waals surface area contributed by atoms with Gasteiger partial charge in [0.05, 0.1) is 5.75 Å². The van der Waals surface area contributed by atoms with E-state index in [1.54, 1.807) is 41.3 Å². The molecule has 0 atom stereocenters. The predicted octanol–water partition coefficient (Wildman–Crippen LogP) is 3.18. The summed E-state index contributed by atoms with van der Waals surface area (Å²) >= 11 is 0. The van der Waals surface area contributed by atoms with Gasteiger partial charge < -0.3 is 10.2 Å². The Labute approximate surface area is 195 Å². The van der Waals surface area contributed by atoms with Gasteiger partial charge in [-0.2, -0.15) is 0 Å². The van der Waals surface area contributed by atoms with Gasteiger partial charge in [-0.1, -0.05) is 48.5 Å². The zero-order valence-electron chi connectivity index (χ0n) is 18.4. The summed E-state index contributed by atoms with van der Waals surface area (Å²) in [6, 6.07) is 16.4. The number of likely N-dealkylation sites (tertiary alicyclic amines) is 1. The summed E-state index contributed by atoms with van der Waals surface area (Å²) in [6.45, 7) is 4.74. The van der Waals surface area contributed by atoms with Crippen molar-refractivity contribution in [2.45, 2.75) is 18.6 Å². The fourth-order valence-electron chi connectivity index (χ4n) is 3.58. The Balaban J connectivity index is 1.46. The molecule has 1 saturated heterocycles. The summed E-state index contributed by atoms with van der Waals surface area (Å²) in [6.07, 6.45) is 6.05. The molecule has 0 radical (unpaired) electrons. The molecule has 0 aliphatic carbocycles. The molecule has 0 aromatic heterocycles. The Morgan fingerprint density at radius 3 is 2.33 bits per heavy atom. The van der Waals surface area contributed by atoms with Gasteiger partial charge in [-0.25, -0.2) is 13.1 Å². The van der Waals surface area contributed by atoms with Crippen LogP contribution < -0.4 is 10.0 Å². The molecule has 3 rings (SSSR count). The maximum atomic E-state index is 12.6. The van der Waals surface area contributed by atoms with E-state index < -0.39 is 10.0 Å². The second kappa shape index (κ2) is 11.6. The highest BCUT2D eigenvalue weighted by Crippen LogP contribution is 2.20. The zero-order chi connectivity index (χ0) is 23.7. The van der Waals surface area contributed by atoms with E-state index in [9.17, 15) is 18.0 Å². The third kappa shape index (κ3) is 7.69. The number of amides is 2. The Kier molecular flexibility index (Phi) is 8.57. The topological polar surface area (TPSA) is 95.6 Å². The lowest BCUT2D eigenvalue weighted by molar-refractivity contribution is -0.130. The van der Waals surface area contributed by atoms with Gasteiger partial charge in [0.1, 0.15) is 0 Å². The van der Waals surface area contributed by atoms with E-state index in [1.807, 2.05) is 30.3 Å². The van der Waals surface area contributed by atoms with Gasteiger partial charge in [0, 0.05) is 37.3 Å². The Bertz CT molecular complexity index is 1090. The molecule has 1 heterocycles. The summed E-state index contributed by atoms with van der Waals surface area (Å²) in [5, 5.41) is 2.89. The molecule has 174 valence electrons. The second-order valence-electron chi connectivity index (χ2n) is 7.93. The minimum absolute atomic E-state index is 0.0502. The number of benzene rings is 2. The molecule has 2 aromatic carbocycles. The van der Waals surface area contributed by atoms with Gasteiger partial charge in [-0.3, -0.25) is 9.59 Å².